The summed E-state index contributed by atoms with van der Waals surface area (Å²) in [6, 6.07) is 2.20. The van der Waals surface area contributed by atoms with Gasteiger partial charge in [-0.25, -0.2) is 13.6 Å². The van der Waals surface area contributed by atoms with Crippen LogP contribution in [0.4, 0.5) is 0 Å². The van der Waals surface area contributed by atoms with E-state index in [-0.39, 0.29) is 16.2 Å². The fourth-order valence-electron chi connectivity index (χ4n) is 2.53. The Morgan fingerprint density at radius 2 is 2.15 bits per heavy atom. The Labute approximate surface area is 122 Å². The monoisotopic (exact) mass is 315 g/mol. The summed E-state index contributed by atoms with van der Waals surface area (Å²) in [5.41, 5.74) is 0.365. The molecule has 1 saturated heterocycles. The Kier molecular flexibility index (Phi) is 3.57. The smallest absolute Gasteiger partial charge is 0.252 e. The number of nitrogens with two attached hydrogens (primary N) is 1. The number of likely N-dealkylation sites (tertiary alicyclic amines) is 1. The molecule has 0 spiro atoms. The van der Waals surface area contributed by atoms with Crippen LogP contribution < -0.4 is 10.5 Å². The normalized spacial score (nSPS) is 23.9. The van der Waals surface area contributed by atoms with Crippen LogP contribution in [0.15, 0.2) is 15.7 Å². The number of rotatable bonds is 4. The molecule has 1 amide bonds. The van der Waals surface area contributed by atoms with Gasteiger partial charge in [-0.15, -0.1) is 11.3 Å². The summed E-state index contributed by atoms with van der Waals surface area (Å²) in [6.07, 6.45) is 3.49. The van der Waals surface area contributed by atoms with E-state index in [2.05, 4.69) is 10.2 Å². The summed E-state index contributed by atoms with van der Waals surface area (Å²) >= 11 is 0.974. The highest BCUT2D eigenvalue weighted by Crippen LogP contribution is 2.30. The van der Waals surface area contributed by atoms with E-state index in [1.807, 2.05) is 0 Å². The van der Waals surface area contributed by atoms with Crippen molar-refractivity contribution in [2.45, 2.75) is 35.6 Å². The number of nitrogens with zero attached hydrogens (tertiary/aromatic N) is 1. The number of thiophene rings is 1. The molecule has 6 nitrogen and oxygen atoms in total. The average Bonchev–Trinajstić information content (AvgIpc) is 2.91. The lowest BCUT2D eigenvalue weighted by molar-refractivity contribution is 0.0938. The van der Waals surface area contributed by atoms with E-state index < -0.39 is 10.0 Å². The number of amides is 1. The molecule has 1 aliphatic heterocycles. The van der Waals surface area contributed by atoms with Gasteiger partial charge in [0.05, 0.1) is 5.56 Å². The molecular weight excluding hydrogens is 298 g/mol. The van der Waals surface area contributed by atoms with Crippen LogP contribution in [0, 0.1) is 0 Å². The quantitative estimate of drug-likeness (QED) is 0.839. The van der Waals surface area contributed by atoms with E-state index >= 15 is 0 Å². The summed E-state index contributed by atoms with van der Waals surface area (Å²) in [6.45, 7) is 1.92. The van der Waals surface area contributed by atoms with Gasteiger partial charge < -0.3 is 5.32 Å². The lowest BCUT2D eigenvalue weighted by atomic mass is 10.2. The van der Waals surface area contributed by atoms with Gasteiger partial charge >= 0.3 is 0 Å². The zero-order valence-corrected chi connectivity index (χ0v) is 12.5. The molecular formula is C12H17N3O3S2. The molecule has 20 heavy (non-hydrogen) atoms. The van der Waals surface area contributed by atoms with Crippen molar-refractivity contribution in [2.75, 3.05) is 13.1 Å². The van der Waals surface area contributed by atoms with E-state index in [4.69, 9.17) is 5.14 Å². The van der Waals surface area contributed by atoms with Crippen LogP contribution in [0.5, 0.6) is 0 Å². The Morgan fingerprint density at radius 1 is 1.40 bits per heavy atom. The van der Waals surface area contributed by atoms with Crippen LogP contribution in [0.2, 0.25) is 0 Å². The molecule has 1 aromatic heterocycles. The fourth-order valence-corrected chi connectivity index (χ4v) is 4.12. The molecule has 1 aromatic rings. The van der Waals surface area contributed by atoms with Crippen molar-refractivity contribution in [3.05, 3.63) is 17.0 Å². The third-order valence-corrected chi connectivity index (χ3v) is 6.12. The van der Waals surface area contributed by atoms with Crippen molar-refractivity contribution in [3.63, 3.8) is 0 Å². The number of carbonyl (C=O) groups excluding carboxylic acids is 1. The highest BCUT2D eigenvalue weighted by atomic mass is 32.2. The summed E-state index contributed by atoms with van der Waals surface area (Å²) < 4.78 is 22.4. The summed E-state index contributed by atoms with van der Waals surface area (Å²) in [5.74, 6) is -0.223. The van der Waals surface area contributed by atoms with Crippen molar-refractivity contribution in [3.8, 4) is 0 Å². The number of hydrogen-bond donors (Lipinski definition) is 2. The van der Waals surface area contributed by atoms with Gasteiger partial charge in [0.15, 0.2) is 0 Å². The largest absolute Gasteiger partial charge is 0.348 e. The molecule has 0 radical (unpaired) electrons. The molecule has 0 bridgehead atoms. The molecule has 8 heteroatoms. The first-order chi connectivity index (χ1) is 9.43. The van der Waals surface area contributed by atoms with Crippen molar-refractivity contribution in [1.82, 2.24) is 10.2 Å². The second-order valence-electron chi connectivity index (χ2n) is 5.38. The summed E-state index contributed by atoms with van der Waals surface area (Å²) in [4.78, 5) is 14.5. The van der Waals surface area contributed by atoms with Gasteiger partial charge in [0, 0.05) is 30.6 Å². The first-order valence-electron chi connectivity index (χ1n) is 6.60. The van der Waals surface area contributed by atoms with Crippen LogP contribution >= 0.6 is 11.3 Å². The van der Waals surface area contributed by atoms with E-state index in [1.54, 1.807) is 0 Å². The van der Waals surface area contributed by atoms with Crippen molar-refractivity contribution in [1.29, 1.82) is 0 Å². The third kappa shape index (κ3) is 3.03. The second kappa shape index (κ2) is 5.10. The number of carbonyl (C=O) groups is 1. The van der Waals surface area contributed by atoms with Crippen LogP contribution in [-0.2, 0) is 10.0 Å². The maximum absolute atomic E-state index is 12.1. The maximum atomic E-state index is 12.1. The van der Waals surface area contributed by atoms with Crippen molar-refractivity contribution < 1.29 is 13.2 Å². The molecule has 1 saturated carbocycles. The zero-order chi connectivity index (χ0) is 14.3. The van der Waals surface area contributed by atoms with Gasteiger partial charge in [0.1, 0.15) is 4.21 Å². The lowest BCUT2D eigenvalue weighted by Gasteiger charge is -2.15. The molecule has 2 fully saturated rings. The van der Waals surface area contributed by atoms with Crippen molar-refractivity contribution >= 4 is 27.3 Å². The SMILES string of the molecule is NS(=O)(=O)c1cc(C(=O)NC2CCN(C3CC3)C2)cs1. The van der Waals surface area contributed by atoms with Crippen LogP contribution in [-0.4, -0.2) is 44.4 Å². The topological polar surface area (TPSA) is 92.5 Å². The first-order valence-corrected chi connectivity index (χ1v) is 9.02. The number of sulfonamides is 1. The van der Waals surface area contributed by atoms with Gasteiger partial charge in [0.25, 0.3) is 5.91 Å². The van der Waals surface area contributed by atoms with Gasteiger partial charge in [-0.1, -0.05) is 0 Å². The highest BCUT2D eigenvalue weighted by molar-refractivity contribution is 7.91. The highest BCUT2D eigenvalue weighted by Gasteiger charge is 2.34. The number of hydrogen-bond acceptors (Lipinski definition) is 5. The van der Waals surface area contributed by atoms with Crippen molar-refractivity contribution in [2.24, 2.45) is 5.14 Å². The Balaban J connectivity index is 1.60. The predicted molar refractivity (Wildman–Crippen MR) is 76.2 cm³/mol. The Morgan fingerprint density at radius 3 is 2.75 bits per heavy atom. The van der Waals surface area contributed by atoms with Crippen LogP contribution in [0.25, 0.3) is 0 Å². The lowest BCUT2D eigenvalue weighted by Crippen LogP contribution is -2.37. The molecule has 2 heterocycles. The molecule has 1 atom stereocenters. The van der Waals surface area contributed by atoms with E-state index in [9.17, 15) is 13.2 Å². The van der Waals surface area contributed by atoms with Crippen LogP contribution in [0.3, 0.4) is 0 Å². The van der Waals surface area contributed by atoms with E-state index in [0.717, 1.165) is 30.8 Å². The Hall–Kier alpha value is -0.960. The summed E-state index contributed by atoms with van der Waals surface area (Å²) in [5, 5.41) is 9.53. The van der Waals surface area contributed by atoms with E-state index in [1.165, 1.54) is 24.3 Å². The van der Waals surface area contributed by atoms with Gasteiger partial charge in [0.2, 0.25) is 10.0 Å². The predicted octanol–water partition coefficient (Wildman–Crippen LogP) is 0.362. The molecule has 1 unspecified atom stereocenters. The molecule has 2 aliphatic rings. The minimum atomic E-state index is -3.72. The second-order valence-corrected chi connectivity index (χ2v) is 8.08. The van der Waals surface area contributed by atoms with Gasteiger partial charge in [-0.2, -0.15) is 0 Å². The fraction of sp³-hybridized carbons (Fsp3) is 0.583. The molecule has 110 valence electrons. The minimum Gasteiger partial charge on any atom is -0.348 e. The first kappa shape index (κ1) is 14.0. The van der Waals surface area contributed by atoms with Crippen LogP contribution in [0.1, 0.15) is 29.6 Å². The van der Waals surface area contributed by atoms with Gasteiger partial charge in [-0.05, 0) is 25.3 Å². The summed E-state index contributed by atoms with van der Waals surface area (Å²) in [7, 11) is -3.72. The molecule has 3 rings (SSSR count). The zero-order valence-electron chi connectivity index (χ0n) is 10.9. The minimum absolute atomic E-state index is 0.0219. The van der Waals surface area contributed by atoms with Gasteiger partial charge in [-0.3, -0.25) is 9.69 Å². The average molecular weight is 315 g/mol. The molecule has 0 aromatic carbocycles. The Bertz CT molecular complexity index is 622. The number of primary sulfonamides is 1. The maximum Gasteiger partial charge on any atom is 0.252 e. The molecule has 3 N–H and O–H groups in total. The molecule has 1 aliphatic carbocycles. The third-order valence-electron chi connectivity index (χ3n) is 3.74. The number of nitrogens with one attached hydrogen (secondary N) is 1. The van der Waals surface area contributed by atoms with E-state index in [0.29, 0.717) is 11.6 Å². The standard InChI is InChI=1S/C12H17N3O3S2/c13-20(17,18)11-5-8(7-19-11)12(16)14-9-3-4-15(6-9)10-1-2-10/h5,7,9-10H,1-4,6H2,(H,14,16)(H2,13,17,18).